The summed E-state index contributed by atoms with van der Waals surface area (Å²) in [6.45, 7) is 0.599. The van der Waals surface area contributed by atoms with E-state index in [0.717, 1.165) is 22.8 Å². The molecule has 0 saturated carbocycles. The number of pyridine rings is 1. The standard InChI is InChI=1S/C16H18N2O2S/c1-20-14-7-3-2-6-13(14)9-11-17-15(19)12-21-16-8-4-5-10-18-16/h2-8,10H,9,11-12H2,1H3,(H,17,19). The van der Waals surface area contributed by atoms with Gasteiger partial charge in [0.15, 0.2) is 0 Å². The third-order valence-corrected chi connectivity index (χ3v) is 3.84. The molecule has 1 aromatic heterocycles. The van der Waals surface area contributed by atoms with E-state index in [4.69, 9.17) is 4.74 Å². The number of para-hydroxylation sites is 1. The number of amides is 1. The van der Waals surface area contributed by atoms with E-state index in [2.05, 4.69) is 10.3 Å². The Morgan fingerprint density at radius 1 is 1.24 bits per heavy atom. The summed E-state index contributed by atoms with van der Waals surface area (Å²) in [7, 11) is 1.65. The number of nitrogens with one attached hydrogen (secondary N) is 1. The van der Waals surface area contributed by atoms with Crippen LogP contribution in [0.25, 0.3) is 0 Å². The van der Waals surface area contributed by atoms with Gasteiger partial charge in [0.1, 0.15) is 5.75 Å². The van der Waals surface area contributed by atoms with Crippen LogP contribution in [0.15, 0.2) is 53.7 Å². The lowest BCUT2D eigenvalue weighted by atomic mass is 10.1. The zero-order valence-electron chi connectivity index (χ0n) is 11.9. The van der Waals surface area contributed by atoms with Gasteiger partial charge < -0.3 is 10.1 Å². The molecule has 21 heavy (non-hydrogen) atoms. The number of benzene rings is 1. The summed E-state index contributed by atoms with van der Waals surface area (Å²) in [6, 6.07) is 13.5. The van der Waals surface area contributed by atoms with Crippen LogP contribution in [0, 0.1) is 0 Å². The first-order chi connectivity index (χ1) is 10.3. The summed E-state index contributed by atoms with van der Waals surface area (Å²) < 4.78 is 5.28. The zero-order valence-corrected chi connectivity index (χ0v) is 12.7. The van der Waals surface area contributed by atoms with Gasteiger partial charge in [-0.3, -0.25) is 4.79 Å². The molecule has 2 aromatic rings. The van der Waals surface area contributed by atoms with E-state index in [9.17, 15) is 4.79 Å². The maximum Gasteiger partial charge on any atom is 0.230 e. The number of thioether (sulfide) groups is 1. The molecule has 110 valence electrons. The van der Waals surface area contributed by atoms with E-state index < -0.39 is 0 Å². The Labute approximate surface area is 128 Å². The van der Waals surface area contributed by atoms with Crippen LogP contribution in [0.2, 0.25) is 0 Å². The molecule has 1 aromatic carbocycles. The van der Waals surface area contributed by atoms with Gasteiger partial charge >= 0.3 is 0 Å². The number of hydrogen-bond acceptors (Lipinski definition) is 4. The number of hydrogen-bond donors (Lipinski definition) is 1. The van der Waals surface area contributed by atoms with Gasteiger partial charge in [-0.15, -0.1) is 0 Å². The molecule has 0 aliphatic rings. The Bertz CT molecular complexity index is 575. The number of methoxy groups -OCH3 is 1. The molecular weight excluding hydrogens is 284 g/mol. The molecule has 0 saturated heterocycles. The SMILES string of the molecule is COc1ccccc1CCNC(=O)CSc1ccccn1. The molecule has 1 amide bonds. The number of rotatable bonds is 7. The van der Waals surface area contributed by atoms with E-state index >= 15 is 0 Å². The minimum absolute atomic E-state index is 0.0144. The monoisotopic (exact) mass is 302 g/mol. The molecular formula is C16H18N2O2S. The van der Waals surface area contributed by atoms with E-state index in [1.807, 2.05) is 42.5 Å². The third-order valence-electron chi connectivity index (χ3n) is 2.90. The number of nitrogens with zero attached hydrogens (tertiary/aromatic N) is 1. The van der Waals surface area contributed by atoms with Gasteiger partial charge in [-0.2, -0.15) is 0 Å². The Morgan fingerprint density at radius 2 is 2.05 bits per heavy atom. The maximum absolute atomic E-state index is 11.8. The van der Waals surface area contributed by atoms with Crippen molar-refractivity contribution < 1.29 is 9.53 Å². The molecule has 0 radical (unpaired) electrons. The minimum atomic E-state index is 0.0144. The molecule has 2 rings (SSSR count). The molecule has 1 heterocycles. The fraction of sp³-hybridized carbons (Fsp3) is 0.250. The van der Waals surface area contributed by atoms with Gasteiger partial charge in [-0.05, 0) is 30.2 Å². The zero-order chi connectivity index (χ0) is 14.9. The average Bonchev–Trinajstić information content (AvgIpc) is 2.54. The van der Waals surface area contributed by atoms with E-state index in [1.165, 1.54) is 11.8 Å². The van der Waals surface area contributed by atoms with Crippen LogP contribution < -0.4 is 10.1 Å². The molecule has 0 spiro atoms. The number of carbonyl (C=O) groups is 1. The van der Waals surface area contributed by atoms with Gasteiger partial charge in [0, 0.05) is 12.7 Å². The minimum Gasteiger partial charge on any atom is -0.496 e. The van der Waals surface area contributed by atoms with Crippen LogP contribution >= 0.6 is 11.8 Å². The van der Waals surface area contributed by atoms with Gasteiger partial charge in [0.05, 0.1) is 17.9 Å². The highest BCUT2D eigenvalue weighted by Crippen LogP contribution is 2.17. The van der Waals surface area contributed by atoms with Crippen molar-refractivity contribution in [3.63, 3.8) is 0 Å². The van der Waals surface area contributed by atoms with Crippen LogP contribution in [0.3, 0.4) is 0 Å². The Kier molecular flexibility index (Phi) is 6.09. The Morgan fingerprint density at radius 3 is 2.81 bits per heavy atom. The normalized spacial score (nSPS) is 10.1. The lowest BCUT2D eigenvalue weighted by molar-refractivity contribution is -0.118. The summed E-state index contributed by atoms with van der Waals surface area (Å²) in [5.41, 5.74) is 1.10. The molecule has 0 fully saturated rings. The highest BCUT2D eigenvalue weighted by molar-refractivity contribution is 7.99. The van der Waals surface area contributed by atoms with Gasteiger partial charge in [-0.1, -0.05) is 36.0 Å². The van der Waals surface area contributed by atoms with Crippen molar-refractivity contribution in [2.75, 3.05) is 19.4 Å². The molecule has 0 aliphatic heterocycles. The summed E-state index contributed by atoms with van der Waals surface area (Å²) in [5.74, 6) is 1.25. The molecule has 0 aliphatic carbocycles. The summed E-state index contributed by atoms with van der Waals surface area (Å²) in [6.07, 6.45) is 2.48. The number of ether oxygens (including phenoxy) is 1. The molecule has 1 N–H and O–H groups in total. The summed E-state index contributed by atoms with van der Waals surface area (Å²) in [4.78, 5) is 15.9. The van der Waals surface area contributed by atoms with Crippen LogP contribution in [0.4, 0.5) is 0 Å². The lowest BCUT2D eigenvalue weighted by Crippen LogP contribution is -2.27. The Balaban J connectivity index is 1.72. The van der Waals surface area contributed by atoms with Crippen molar-refractivity contribution in [2.24, 2.45) is 0 Å². The van der Waals surface area contributed by atoms with Crippen molar-refractivity contribution in [2.45, 2.75) is 11.4 Å². The maximum atomic E-state index is 11.8. The van der Waals surface area contributed by atoms with E-state index in [0.29, 0.717) is 12.3 Å². The van der Waals surface area contributed by atoms with E-state index in [-0.39, 0.29) is 5.91 Å². The van der Waals surface area contributed by atoms with Crippen LogP contribution in [0.1, 0.15) is 5.56 Å². The van der Waals surface area contributed by atoms with Crippen LogP contribution in [-0.2, 0) is 11.2 Å². The molecule has 0 atom stereocenters. The summed E-state index contributed by atoms with van der Waals surface area (Å²) >= 11 is 1.43. The first-order valence-electron chi connectivity index (χ1n) is 6.72. The van der Waals surface area contributed by atoms with Crippen LogP contribution in [0.5, 0.6) is 5.75 Å². The average molecular weight is 302 g/mol. The second kappa shape index (κ2) is 8.32. The molecule has 5 heteroatoms. The number of carbonyl (C=O) groups excluding carboxylic acids is 1. The lowest BCUT2D eigenvalue weighted by Gasteiger charge is -2.09. The first kappa shape index (κ1) is 15.4. The third kappa shape index (κ3) is 5.11. The second-order valence-electron chi connectivity index (χ2n) is 4.37. The molecule has 0 bridgehead atoms. The number of aromatic nitrogens is 1. The largest absolute Gasteiger partial charge is 0.496 e. The fourth-order valence-corrected chi connectivity index (χ4v) is 2.56. The highest BCUT2D eigenvalue weighted by atomic mass is 32.2. The predicted octanol–water partition coefficient (Wildman–Crippen LogP) is 2.54. The highest BCUT2D eigenvalue weighted by Gasteiger charge is 2.05. The fourth-order valence-electron chi connectivity index (χ4n) is 1.87. The molecule has 0 unspecified atom stereocenters. The quantitative estimate of drug-likeness (QED) is 0.799. The van der Waals surface area contributed by atoms with Gasteiger partial charge in [-0.25, -0.2) is 4.98 Å². The van der Waals surface area contributed by atoms with Gasteiger partial charge in [0.2, 0.25) is 5.91 Å². The van der Waals surface area contributed by atoms with Crippen molar-refractivity contribution in [1.82, 2.24) is 10.3 Å². The van der Waals surface area contributed by atoms with Crippen molar-refractivity contribution in [1.29, 1.82) is 0 Å². The van der Waals surface area contributed by atoms with Crippen molar-refractivity contribution >= 4 is 17.7 Å². The smallest absolute Gasteiger partial charge is 0.230 e. The topological polar surface area (TPSA) is 51.2 Å². The predicted molar refractivity (Wildman–Crippen MR) is 84.7 cm³/mol. The first-order valence-corrected chi connectivity index (χ1v) is 7.70. The van der Waals surface area contributed by atoms with E-state index in [1.54, 1.807) is 13.3 Å². The van der Waals surface area contributed by atoms with Crippen molar-refractivity contribution in [3.8, 4) is 5.75 Å². The Hall–Kier alpha value is -2.01. The van der Waals surface area contributed by atoms with Crippen molar-refractivity contribution in [3.05, 3.63) is 54.2 Å². The second-order valence-corrected chi connectivity index (χ2v) is 5.36. The molecule has 4 nitrogen and oxygen atoms in total. The summed E-state index contributed by atoms with van der Waals surface area (Å²) in [5, 5.41) is 3.77. The van der Waals surface area contributed by atoms with Crippen LogP contribution in [-0.4, -0.2) is 30.3 Å². The van der Waals surface area contributed by atoms with Gasteiger partial charge in [0.25, 0.3) is 0 Å².